The molecule has 4 heterocycles. The summed E-state index contributed by atoms with van der Waals surface area (Å²) in [6.07, 6.45) is 3.94. The van der Waals surface area contributed by atoms with E-state index in [0.29, 0.717) is 45.3 Å². The lowest BCUT2D eigenvalue weighted by Gasteiger charge is -2.51. The average Bonchev–Trinajstić information content (AvgIpc) is 3.53. The second kappa shape index (κ2) is 15.6. The molecule has 0 aliphatic carbocycles. The SMILES string of the molecule is O=C(C[n+]1ccc(CC(=C2CCNC2=O)C2=C(C(=O)[O-])N3C(=O)[C@@H](NC(=O)CSc4cc(Cl)c(Cl)cc4Cl)[C@H]3SC2)cc1)Nc1ccc(O)cc1. The number of pyridine rings is 1. The summed E-state index contributed by atoms with van der Waals surface area (Å²) in [4.78, 5) is 66.0. The van der Waals surface area contributed by atoms with E-state index in [1.54, 1.807) is 47.3 Å². The van der Waals surface area contributed by atoms with Gasteiger partial charge < -0.3 is 31.0 Å². The van der Waals surface area contributed by atoms with Crippen molar-refractivity contribution >= 4 is 93.6 Å². The van der Waals surface area contributed by atoms with Crippen LogP contribution in [0.1, 0.15) is 12.0 Å². The zero-order valence-electron chi connectivity index (χ0n) is 26.4. The third-order valence-corrected chi connectivity index (χ3v) is 11.8. The highest BCUT2D eigenvalue weighted by molar-refractivity contribution is 8.00. The lowest BCUT2D eigenvalue weighted by Crippen LogP contribution is -2.71. The van der Waals surface area contributed by atoms with Crippen molar-refractivity contribution in [3.8, 4) is 5.75 Å². The van der Waals surface area contributed by atoms with Crippen LogP contribution in [0, 0.1) is 0 Å². The molecular formula is C34H28Cl3N5O7S2. The van der Waals surface area contributed by atoms with E-state index >= 15 is 0 Å². The average molecular weight is 789 g/mol. The number of nitrogens with zero attached hydrogens (tertiary/aromatic N) is 2. The van der Waals surface area contributed by atoms with E-state index in [4.69, 9.17) is 34.8 Å². The Hall–Kier alpha value is -4.21. The van der Waals surface area contributed by atoms with Crippen molar-refractivity contribution in [3.05, 3.63) is 104 Å². The summed E-state index contributed by atoms with van der Waals surface area (Å²) in [6, 6.07) is 11.7. The lowest BCUT2D eigenvalue weighted by atomic mass is 9.90. The summed E-state index contributed by atoms with van der Waals surface area (Å²) in [5.74, 6) is -3.10. The van der Waals surface area contributed by atoms with E-state index in [1.807, 2.05) is 0 Å². The first-order valence-electron chi connectivity index (χ1n) is 15.4. The standard InChI is InChI=1S/C34H28Cl3N5O7S2/c35-23-12-25(37)26(13-24(23)36)50-16-28(45)40-29-32(47)42-30(34(48)49)22(15-51-33(29)42)21(20-5-8-38-31(20)46)11-17-6-9-41(10-7-17)14-27(44)39-18-1-3-19(43)4-2-18/h1-4,6-7,9-10,12-13,29,33H,5,8,11,14-16H2,(H4-,38,39,40,43,44,45,46,48,49)/t29-,33-/m1/s1. The summed E-state index contributed by atoms with van der Waals surface area (Å²) in [6.45, 7) is 0.390. The number of carbonyl (C=O) groups is 5. The fraction of sp³-hybridized carbons (Fsp3) is 0.235. The molecule has 0 spiro atoms. The van der Waals surface area contributed by atoms with E-state index in [2.05, 4.69) is 16.0 Å². The van der Waals surface area contributed by atoms with E-state index in [1.165, 1.54) is 30.0 Å². The van der Waals surface area contributed by atoms with Gasteiger partial charge in [0.2, 0.25) is 18.4 Å². The Balaban J connectivity index is 1.17. The first-order chi connectivity index (χ1) is 24.4. The number of anilines is 1. The van der Waals surface area contributed by atoms with E-state index in [0.717, 1.165) is 22.2 Å². The number of halogens is 3. The number of rotatable bonds is 11. The number of allylic oxidation sites excluding steroid dienone is 1. The first kappa shape index (κ1) is 36.6. The maximum atomic E-state index is 13.4. The zero-order valence-corrected chi connectivity index (χ0v) is 30.3. The minimum atomic E-state index is -1.57. The van der Waals surface area contributed by atoms with Crippen molar-refractivity contribution < 1.29 is 38.8 Å². The number of benzene rings is 2. The number of aliphatic carboxylic acids is 1. The molecule has 1 aromatic heterocycles. The summed E-state index contributed by atoms with van der Waals surface area (Å²) in [5.41, 5.74) is 2.15. The van der Waals surface area contributed by atoms with Crippen molar-refractivity contribution in [2.24, 2.45) is 0 Å². The highest BCUT2D eigenvalue weighted by Crippen LogP contribution is 2.44. The van der Waals surface area contributed by atoms with Crippen LogP contribution in [-0.2, 0) is 36.9 Å². The minimum Gasteiger partial charge on any atom is -0.543 e. The Morgan fingerprint density at radius 2 is 1.73 bits per heavy atom. The predicted octanol–water partition coefficient (Wildman–Crippen LogP) is 2.83. The smallest absolute Gasteiger partial charge is 0.290 e. The molecule has 2 saturated heterocycles. The number of phenols is 1. The molecule has 12 nitrogen and oxygen atoms in total. The van der Waals surface area contributed by atoms with Gasteiger partial charge in [-0.1, -0.05) is 34.8 Å². The second-order valence-corrected chi connectivity index (χ2v) is 15.0. The third-order valence-electron chi connectivity index (χ3n) is 8.29. The Kier molecular flexibility index (Phi) is 11.2. The molecule has 0 saturated carbocycles. The second-order valence-electron chi connectivity index (χ2n) is 11.7. The number of fused-ring (bicyclic) bond motifs is 1. The van der Waals surface area contributed by atoms with Gasteiger partial charge >= 0.3 is 0 Å². The van der Waals surface area contributed by atoms with Crippen molar-refractivity contribution in [1.29, 1.82) is 0 Å². The fourth-order valence-corrected chi connectivity index (χ4v) is 8.77. The van der Waals surface area contributed by atoms with Gasteiger partial charge in [-0.25, -0.2) is 0 Å². The molecule has 0 bridgehead atoms. The van der Waals surface area contributed by atoms with Crippen molar-refractivity contribution in [2.75, 3.05) is 23.4 Å². The van der Waals surface area contributed by atoms with Crippen LogP contribution in [0.4, 0.5) is 5.69 Å². The van der Waals surface area contributed by atoms with Gasteiger partial charge in [-0.15, -0.1) is 23.5 Å². The zero-order chi connectivity index (χ0) is 36.4. The van der Waals surface area contributed by atoms with E-state index < -0.39 is 29.2 Å². The Morgan fingerprint density at radius 3 is 2.39 bits per heavy atom. The molecule has 3 aliphatic rings. The van der Waals surface area contributed by atoms with Crippen LogP contribution in [0.3, 0.4) is 0 Å². The molecule has 2 aromatic carbocycles. The lowest BCUT2D eigenvalue weighted by molar-refractivity contribution is -0.684. The molecular weight excluding hydrogens is 761 g/mol. The number of carbonyl (C=O) groups excluding carboxylic acids is 5. The van der Waals surface area contributed by atoms with E-state index in [9.17, 15) is 34.2 Å². The normalized spacial score (nSPS) is 19.2. The summed E-state index contributed by atoms with van der Waals surface area (Å²) >= 11 is 20.6. The summed E-state index contributed by atoms with van der Waals surface area (Å²) < 4.78 is 1.66. The number of β-lactam (4-membered cyclic amide) rings is 1. The van der Waals surface area contributed by atoms with Crippen LogP contribution >= 0.6 is 58.3 Å². The van der Waals surface area contributed by atoms with Gasteiger partial charge in [0.1, 0.15) is 17.2 Å². The molecule has 51 heavy (non-hydrogen) atoms. The van der Waals surface area contributed by atoms with Gasteiger partial charge in [0.15, 0.2) is 12.4 Å². The number of aromatic hydroxyl groups is 1. The molecule has 2 fully saturated rings. The molecule has 3 aromatic rings. The van der Waals surface area contributed by atoms with Gasteiger partial charge in [0.25, 0.3) is 11.8 Å². The molecule has 4 N–H and O–H groups in total. The van der Waals surface area contributed by atoms with Crippen LogP contribution in [-0.4, -0.2) is 69.1 Å². The minimum absolute atomic E-state index is 0.00616. The predicted molar refractivity (Wildman–Crippen MR) is 191 cm³/mol. The molecule has 17 heteroatoms. The highest BCUT2D eigenvalue weighted by Gasteiger charge is 2.53. The molecule has 3 aliphatic heterocycles. The maximum Gasteiger partial charge on any atom is 0.290 e. The molecule has 0 radical (unpaired) electrons. The van der Waals surface area contributed by atoms with Crippen LogP contribution in [0.15, 0.2) is 88.2 Å². The largest absolute Gasteiger partial charge is 0.543 e. The number of nitrogens with one attached hydrogen (secondary N) is 3. The fourth-order valence-electron chi connectivity index (χ4n) is 5.84. The van der Waals surface area contributed by atoms with Gasteiger partial charge in [0.05, 0.1) is 32.5 Å². The van der Waals surface area contributed by atoms with E-state index in [-0.39, 0.29) is 57.8 Å². The first-order valence-corrected chi connectivity index (χ1v) is 18.6. The Bertz CT molecular complexity index is 2010. The highest BCUT2D eigenvalue weighted by atomic mass is 35.5. The topological polar surface area (TPSA) is 172 Å². The Morgan fingerprint density at radius 1 is 1.02 bits per heavy atom. The van der Waals surface area contributed by atoms with Crippen LogP contribution in [0.25, 0.3) is 0 Å². The number of carboxylic acid groups (broad SMARTS) is 1. The summed E-state index contributed by atoms with van der Waals surface area (Å²) in [5, 5.41) is 30.5. The number of hydrogen-bond donors (Lipinski definition) is 4. The third kappa shape index (κ3) is 8.15. The quantitative estimate of drug-likeness (QED) is 0.0570. The van der Waals surface area contributed by atoms with Gasteiger partial charge in [0, 0.05) is 40.6 Å². The molecule has 264 valence electrons. The summed E-state index contributed by atoms with van der Waals surface area (Å²) in [7, 11) is 0. The maximum absolute atomic E-state index is 13.4. The van der Waals surface area contributed by atoms with Crippen molar-refractivity contribution in [2.45, 2.75) is 35.7 Å². The van der Waals surface area contributed by atoms with Crippen LogP contribution < -0.4 is 25.6 Å². The molecule has 6 rings (SSSR count). The number of amides is 4. The number of thioether (sulfide) groups is 2. The number of aromatic nitrogens is 1. The Labute approximate surface area is 315 Å². The number of phenolic OH excluding ortho intramolecular Hbond substituents is 1. The number of hydrogen-bond acceptors (Lipinski definition) is 9. The molecule has 0 unspecified atom stereocenters. The van der Waals surface area contributed by atoms with Crippen LogP contribution in [0.5, 0.6) is 5.75 Å². The van der Waals surface area contributed by atoms with Gasteiger partial charge in [-0.3, -0.25) is 24.1 Å². The van der Waals surface area contributed by atoms with Crippen molar-refractivity contribution in [3.63, 3.8) is 0 Å². The molecule has 2 atom stereocenters. The number of carboxylic acids is 1. The van der Waals surface area contributed by atoms with Gasteiger partial charge in [-0.2, -0.15) is 4.57 Å². The monoisotopic (exact) mass is 787 g/mol. The van der Waals surface area contributed by atoms with Gasteiger partial charge in [-0.05, 0) is 65.9 Å². The molecule has 4 amide bonds. The van der Waals surface area contributed by atoms with Crippen molar-refractivity contribution in [1.82, 2.24) is 15.5 Å². The van der Waals surface area contributed by atoms with Crippen LogP contribution in [0.2, 0.25) is 15.1 Å².